The van der Waals surface area contributed by atoms with Crippen LogP contribution in [0.15, 0.2) is 0 Å². The molecule has 3 heterocycles. The maximum Gasteiger partial charge on any atom is 0.305 e. The first-order valence-electron chi connectivity index (χ1n) is 9.66. The van der Waals surface area contributed by atoms with E-state index in [0.29, 0.717) is 13.0 Å². The Bertz CT molecular complexity index is 817. The monoisotopic (exact) mass is 390 g/mol. The zero-order valence-corrected chi connectivity index (χ0v) is 16.6. The number of esters is 1. The predicted octanol–water partition coefficient (Wildman–Crippen LogP) is 2.38. The minimum absolute atomic E-state index is 0.172. The average molecular weight is 391 g/mol. The quantitative estimate of drug-likeness (QED) is 0.574. The van der Waals surface area contributed by atoms with Crippen LogP contribution in [0.4, 0.5) is 5.82 Å². The van der Waals surface area contributed by atoms with Crippen LogP contribution in [0.2, 0.25) is 0 Å². The molecule has 1 N–H and O–H groups in total. The van der Waals surface area contributed by atoms with Crippen molar-refractivity contribution in [2.24, 2.45) is 0 Å². The summed E-state index contributed by atoms with van der Waals surface area (Å²) in [6, 6.07) is 0. The molecule has 0 saturated carbocycles. The van der Waals surface area contributed by atoms with E-state index in [1.807, 2.05) is 11.3 Å². The van der Waals surface area contributed by atoms with E-state index in [1.54, 1.807) is 0 Å². The molecule has 1 fully saturated rings. The third-order valence-corrected chi connectivity index (χ3v) is 6.34. The number of morpholine rings is 1. The summed E-state index contributed by atoms with van der Waals surface area (Å²) in [5, 5.41) is 4.66. The molecule has 4 rings (SSSR count). The Morgan fingerprint density at radius 1 is 1.30 bits per heavy atom. The number of nitrogens with zero attached hydrogens (tertiary/aromatic N) is 3. The molecule has 146 valence electrons. The number of hydrogen-bond acceptors (Lipinski definition) is 8. The summed E-state index contributed by atoms with van der Waals surface area (Å²) < 4.78 is 10.2. The number of nitrogens with one attached hydrogen (secondary N) is 1. The molecule has 2 aromatic rings. The molecule has 0 spiro atoms. The van der Waals surface area contributed by atoms with Crippen LogP contribution in [-0.4, -0.2) is 60.8 Å². The van der Waals surface area contributed by atoms with E-state index in [2.05, 4.69) is 10.2 Å². The summed E-state index contributed by atoms with van der Waals surface area (Å²) in [5.74, 6) is 1.61. The van der Waals surface area contributed by atoms with Crippen molar-refractivity contribution in [3.8, 4) is 0 Å². The minimum atomic E-state index is -0.172. The SMILES string of the molecule is COC(=O)CCCNc1nc(CN2CCOCC2)nc2sc3c(c12)CCC3. The Morgan fingerprint density at radius 3 is 2.96 bits per heavy atom. The number of ether oxygens (including phenoxy) is 2. The molecule has 0 unspecified atom stereocenters. The Labute approximate surface area is 163 Å². The average Bonchev–Trinajstić information content (AvgIpc) is 3.26. The molecular formula is C19H26N4O3S. The summed E-state index contributed by atoms with van der Waals surface area (Å²) >= 11 is 1.82. The smallest absolute Gasteiger partial charge is 0.305 e. The largest absolute Gasteiger partial charge is 0.469 e. The van der Waals surface area contributed by atoms with Crippen LogP contribution in [-0.2, 0) is 33.7 Å². The first-order valence-corrected chi connectivity index (χ1v) is 10.5. The van der Waals surface area contributed by atoms with Gasteiger partial charge in [-0.2, -0.15) is 0 Å². The maximum absolute atomic E-state index is 11.3. The van der Waals surface area contributed by atoms with Gasteiger partial charge in [0, 0.05) is 30.9 Å². The lowest BCUT2D eigenvalue weighted by atomic mass is 10.2. The van der Waals surface area contributed by atoms with Gasteiger partial charge in [-0.3, -0.25) is 9.69 Å². The highest BCUT2D eigenvalue weighted by molar-refractivity contribution is 7.19. The van der Waals surface area contributed by atoms with Gasteiger partial charge in [0.2, 0.25) is 0 Å². The van der Waals surface area contributed by atoms with Crippen LogP contribution < -0.4 is 5.32 Å². The zero-order valence-electron chi connectivity index (χ0n) is 15.8. The van der Waals surface area contributed by atoms with Crippen LogP contribution in [0.1, 0.15) is 35.5 Å². The van der Waals surface area contributed by atoms with Gasteiger partial charge in [-0.15, -0.1) is 11.3 Å². The topological polar surface area (TPSA) is 76.6 Å². The van der Waals surface area contributed by atoms with Gasteiger partial charge < -0.3 is 14.8 Å². The third kappa shape index (κ3) is 4.23. The van der Waals surface area contributed by atoms with Gasteiger partial charge in [-0.1, -0.05) is 0 Å². The van der Waals surface area contributed by atoms with Crippen LogP contribution >= 0.6 is 11.3 Å². The van der Waals surface area contributed by atoms with Crippen molar-refractivity contribution in [2.75, 3.05) is 45.3 Å². The highest BCUT2D eigenvalue weighted by Gasteiger charge is 2.23. The fraction of sp³-hybridized carbons (Fsp3) is 0.632. The number of carbonyl (C=O) groups is 1. The third-order valence-electron chi connectivity index (χ3n) is 5.16. The summed E-state index contributed by atoms with van der Waals surface area (Å²) in [6.45, 7) is 4.83. The van der Waals surface area contributed by atoms with Gasteiger partial charge in [0.05, 0.1) is 32.3 Å². The Kier molecular flexibility index (Phi) is 5.85. The molecule has 2 aliphatic rings. The van der Waals surface area contributed by atoms with Gasteiger partial charge in [0.1, 0.15) is 16.5 Å². The summed E-state index contributed by atoms with van der Waals surface area (Å²) in [6.07, 6.45) is 4.62. The van der Waals surface area contributed by atoms with Gasteiger partial charge >= 0.3 is 5.97 Å². The Morgan fingerprint density at radius 2 is 2.15 bits per heavy atom. The Hall–Kier alpha value is -1.77. The second-order valence-electron chi connectivity index (χ2n) is 7.02. The standard InChI is InChI=1S/C19H26N4O3S/c1-25-16(24)6-3-7-20-18-17-13-4-2-5-14(13)27-19(17)22-15(21-18)12-23-8-10-26-11-9-23/h2-12H2,1H3,(H,20,21,22). The highest BCUT2D eigenvalue weighted by atomic mass is 32.1. The van der Waals surface area contributed by atoms with Gasteiger partial charge in [0.15, 0.2) is 0 Å². The number of rotatable bonds is 7. The first-order chi connectivity index (χ1) is 13.2. The molecule has 0 aromatic carbocycles. The molecule has 8 heteroatoms. The molecule has 7 nitrogen and oxygen atoms in total. The molecular weight excluding hydrogens is 364 g/mol. The van der Waals surface area contributed by atoms with E-state index in [4.69, 9.17) is 19.4 Å². The molecule has 27 heavy (non-hydrogen) atoms. The van der Waals surface area contributed by atoms with Crippen molar-refractivity contribution >= 4 is 33.3 Å². The molecule has 1 saturated heterocycles. The van der Waals surface area contributed by atoms with Crippen molar-refractivity contribution in [1.82, 2.24) is 14.9 Å². The lowest BCUT2D eigenvalue weighted by Crippen LogP contribution is -2.36. The number of thiophene rings is 1. The van der Waals surface area contributed by atoms with Gasteiger partial charge in [0.25, 0.3) is 0 Å². The second-order valence-corrected chi connectivity index (χ2v) is 8.10. The van der Waals surface area contributed by atoms with E-state index in [1.165, 1.54) is 29.4 Å². The van der Waals surface area contributed by atoms with Crippen LogP contribution in [0, 0.1) is 0 Å². The number of methoxy groups -OCH3 is 1. The number of aromatic nitrogens is 2. The van der Waals surface area contributed by atoms with Crippen LogP contribution in [0.5, 0.6) is 0 Å². The maximum atomic E-state index is 11.3. The van der Waals surface area contributed by atoms with E-state index in [9.17, 15) is 4.79 Å². The molecule has 0 atom stereocenters. The molecule has 1 aliphatic heterocycles. The molecule has 0 bridgehead atoms. The minimum Gasteiger partial charge on any atom is -0.469 e. The van der Waals surface area contributed by atoms with Crippen molar-refractivity contribution < 1.29 is 14.3 Å². The van der Waals surface area contributed by atoms with Crippen LogP contribution in [0.25, 0.3) is 10.2 Å². The van der Waals surface area contributed by atoms with Crippen molar-refractivity contribution in [3.05, 3.63) is 16.3 Å². The number of aryl methyl sites for hydroxylation is 2. The van der Waals surface area contributed by atoms with Crippen molar-refractivity contribution in [3.63, 3.8) is 0 Å². The number of hydrogen-bond donors (Lipinski definition) is 1. The molecule has 0 amide bonds. The van der Waals surface area contributed by atoms with Crippen molar-refractivity contribution in [2.45, 2.75) is 38.6 Å². The summed E-state index contributed by atoms with van der Waals surface area (Å²) in [7, 11) is 1.43. The van der Waals surface area contributed by atoms with Gasteiger partial charge in [-0.25, -0.2) is 9.97 Å². The highest BCUT2D eigenvalue weighted by Crippen LogP contribution is 2.39. The number of fused-ring (bicyclic) bond motifs is 3. The lowest BCUT2D eigenvalue weighted by molar-refractivity contribution is -0.140. The predicted molar refractivity (Wildman–Crippen MR) is 105 cm³/mol. The molecule has 0 radical (unpaired) electrons. The van der Waals surface area contributed by atoms with E-state index >= 15 is 0 Å². The van der Waals surface area contributed by atoms with E-state index < -0.39 is 0 Å². The fourth-order valence-electron chi connectivity index (χ4n) is 3.74. The number of anilines is 1. The van der Waals surface area contributed by atoms with E-state index in [0.717, 1.165) is 68.6 Å². The second kappa shape index (κ2) is 8.50. The molecule has 1 aliphatic carbocycles. The van der Waals surface area contributed by atoms with Crippen molar-refractivity contribution in [1.29, 1.82) is 0 Å². The molecule has 2 aromatic heterocycles. The number of carbonyl (C=O) groups excluding carboxylic acids is 1. The van der Waals surface area contributed by atoms with Crippen LogP contribution in [0.3, 0.4) is 0 Å². The fourth-order valence-corrected chi connectivity index (χ4v) is 5.02. The normalized spacial score (nSPS) is 17.2. The zero-order chi connectivity index (χ0) is 18.6. The Balaban J connectivity index is 1.55. The van der Waals surface area contributed by atoms with Gasteiger partial charge in [-0.05, 0) is 31.2 Å². The first kappa shape index (κ1) is 18.6. The summed E-state index contributed by atoms with van der Waals surface area (Å²) in [4.78, 5) is 26.0. The summed E-state index contributed by atoms with van der Waals surface area (Å²) in [5.41, 5.74) is 1.42. The lowest BCUT2D eigenvalue weighted by Gasteiger charge is -2.25. The van der Waals surface area contributed by atoms with E-state index in [-0.39, 0.29) is 5.97 Å².